The Morgan fingerprint density at radius 3 is 2.80 bits per heavy atom. The molecule has 1 N–H and O–H groups in total. The van der Waals surface area contributed by atoms with Crippen LogP contribution in [0.4, 0.5) is 4.39 Å². The molecule has 2 fully saturated rings. The number of halogens is 1. The number of hydrogen-bond donors (Lipinski definition) is 1. The van der Waals surface area contributed by atoms with Gasteiger partial charge in [0.1, 0.15) is 5.67 Å². The average molecular weight is 143 g/mol. The van der Waals surface area contributed by atoms with Crippen molar-refractivity contribution in [2.45, 2.75) is 43.8 Å². The largest absolute Gasteiger partial charge is 0.314 e. The highest BCUT2D eigenvalue weighted by Crippen LogP contribution is 2.44. The first-order valence-corrected chi connectivity index (χ1v) is 4.21. The zero-order valence-electron chi connectivity index (χ0n) is 6.20. The molecule has 0 radical (unpaired) electrons. The molecular weight excluding hydrogens is 129 g/mol. The zero-order valence-corrected chi connectivity index (χ0v) is 6.20. The van der Waals surface area contributed by atoms with Crippen LogP contribution in [0.1, 0.15) is 32.1 Å². The number of rotatable bonds is 2. The summed E-state index contributed by atoms with van der Waals surface area (Å²) < 4.78 is 13.1. The number of nitrogens with one attached hydrogen (secondary N) is 1. The highest BCUT2D eigenvalue weighted by Gasteiger charge is 2.44. The summed E-state index contributed by atoms with van der Waals surface area (Å²) in [6.45, 7) is 1.10. The molecule has 1 saturated heterocycles. The maximum atomic E-state index is 13.1. The molecule has 0 spiro atoms. The van der Waals surface area contributed by atoms with Crippen LogP contribution in [-0.2, 0) is 0 Å². The van der Waals surface area contributed by atoms with E-state index in [1.165, 1.54) is 12.8 Å². The summed E-state index contributed by atoms with van der Waals surface area (Å²) in [6, 6.07) is 0.493. The lowest BCUT2D eigenvalue weighted by Gasteiger charge is -2.11. The van der Waals surface area contributed by atoms with Gasteiger partial charge in [-0.05, 0) is 38.6 Å². The third-order valence-corrected chi connectivity index (χ3v) is 2.57. The van der Waals surface area contributed by atoms with E-state index < -0.39 is 5.67 Å². The standard InChI is InChI=1S/C8H14FN/c9-8(3-4-8)6-7-2-1-5-10-7/h7,10H,1-6H2. The summed E-state index contributed by atoms with van der Waals surface area (Å²) >= 11 is 0. The quantitative estimate of drug-likeness (QED) is 0.619. The van der Waals surface area contributed by atoms with Crippen LogP contribution in [0.3, 0.4) is 0 Å². The summed E-state index contributed by atoms with van der Waals surface area (Å²) in [6.07, 6.45) is 4.82. The molecule has 0 aromatic heterocycles. The van der Waals surface area contributed by atoms with Gasteiger partial charge in [0.05, 0.1) is 0 Å². The molecule has 10 heavy (non-hydrogen) atoms. The Morgan fingerprint density at radius 2 is 2.30 bits per heavy atom. The van der Waals surface area contributed by atoms with E-state index in [2.05, 4.69) is 5.32 Å². The van der Waals surface area contributed by atoms with Gasteiger partial charge >= 0.3 is 0 Å². The monoisotopic (exact) mass is 143 g/mol. The van der Waals surface area contributed by atoms with Crippen LogP contribution in [0.2, 0.25) is 0 Å². The normalized spacial score (nSPS) is 36.3. The summed E-state index contributed by atoms with van der Waals surface area (Å²) in [5.74, 6) is 0. The van der Waals surface area contributed by atoms with E-state index in [4.69, 9.17) is 0 Å². The SMILES string of the molecule is FC1(CC2CCCN2)CC1. The summed E-state index contributed by atoms with van der Waals surface area (Å²) in [5, 5.41) is 3.31. The van der Waals surface area contributed by atoms with Crippen molar-refractivity contribution in [2.24, 2.45) is 0 Å². The molecule has 0 aromatic rings. The molecule has 1 unspecified atom stereocenters. The van der Waals surface area contributed by atoms with E-state index in [1.807, 2.05) is 0 Å². The van der Waals surface area contributed by atoms with Gasteiger partial charge in [-0.3, -0.25) is 0 Å². The van der Waals surface area contributed by atoms with Crippen molar-refractivity contribution < 1.29 is 4.39 Å². The second-order valence-corrected chi connectivity index (χ2v) is 3.65. The maximum absolute atomic E-state index is 13.1. The molecule has 1 saturated carbocycles. The van der Waals surface area contributed by atoms with Gasteiger partial charge in [0, 0.05) is 6.04 Å². The van der Waals surface area contributed by atoms with Crippen molar-refractivity contribution in [2.75, 3.05) is 6.54 Å². The van der Waals surface area contributed by atoms with E-state index in [0.717, 1.165) is 25.8 Å². The van der Waals surface area contributed by atoms with Crippen LogP contribution in [-0.4, -0.2) is 18.3 Å². The first-order valence-electron chi connectivity index (χ1n) is 4.21. The third-order valence-electron chi connectivity index (χ3n) is 2.57. The molecule has 0 bridgehead atoms. The Hall–Kier alpha value is -0.110. The zero-order chi connectivity index (χ0) is 7.03. The second-order valence-electron chi connectivity index (χ2n) is 3.65. The minimum atomic E-state index is -0.748. The summed E-state index contributed by atoms with van der Waals surface area (Å²) in [7, 11) is 0. The first kappa shape index (κ1) is 6.59. The predicted molar refractivity (Wildman–Crippen MR) is 38.7 cm³/mol. The molecule has 0 aromatic carbocycles. The minimum absolute atomic E-state index is 0.493. The Morgan fingerprint density at radius 1 is 1.50 bits per heavy atom. The smallest absolute Gasteiger partial charge is 0.112 e. The molecule has 1 aliphatic carbocycles. The van der Waals surface area contributed by atoms with Crippen molar-refractivity contribution in [3.8, 4) is 0 Å². The van der Waals surface area contributed by atoms with Gasteiger partial charge in [0.25, 0.3) is 0 Å². The number of alkyl halides is 1. The molecule has 1 atom stereocenters. The Balaban J connectivity index is 1.78. The molecule has 2 aliphatic rings. The fourth-order valence-corrected chi connectivity index (χ4v) is 1.71. The lowest BCUT2D eigenvalue weighted by Crippen LogP contribution is -2.25. The first-order chi connectivity index (χ1) is 4.79. The van der Waals surface area contributed by atoms with Crippen LogP contribution < -0.4 is 5.32 Å². The van der Waals surface area contributed by atoms with Gasteiger partial charge in [-0.1, -0.05) is 0 Å². The van der Waals surface area contributed by atoms with Crippen LogP contribution >= 0.6 is 0 Å². The van der Waals surface area contributed by atoms with E-state index >= 15 is 0 Å². The van der Waals surface area contributed by atoms with Gasteiger partial charge in [0.15, 0.2) is 0 Å². The van der Waals surface area contributed by atoms with Gasteiger partial charge < -0.3 is 5.32 Å². The van der Waals surface area contributed by atoms with Gasteiger partial charge in [-0.2, -0.15) is 0 Å². The van der Waals surface area contributed by atoms with E-state index in [9.17, 15) is 4.39 Å². The fraction of sp³-hybridized carbons (Fsp3) is 1.00. The van der Waals surface area contributed by atoms with Crippen LogP contribution in [0.15, 0.2) is 0 Å². The second kappa shape index (κ2) is 2.19. The third kappa shape index (κ3) is 1.31. The molecule has 2 rings (SSSR count). The molecule has 1 nitrogen and oxygen atoms in total. The molecular formula is C8H14FN. The van der Waals surface area contributed by atoms with E-state index in [1.54, 1.807) is 0 Å². The van der Waals surface area contributed by atoms with E-state index in [-0.39, 0.29) is 0 Å². The minimum Gasteiger partial charge on any atom is -0.314 e. The van der Waals surface area contributed by atoms with Gasteiger partial charge in [-0.15, -0.1) is 0 Å². The lowest BCUT2D eigenvalue weighted by molar-refractivity contribution is 0.263. The van der Waals surface area contributed by atoms with Crippen LogP contribution in [0.25, 0.3) is 0 Å². The molecule has 1 heterocycles. The number of hydrogen-bond acceptors (Lipinski definition) is 1. The predicted octanol–water partition coefficient (Wildman–Crippen LogP) is 1.63. The van der Waals surface area contributed by atoms with Crippen molar-refractivity contribution in [1.29, 1.82) is 0 Å². The highest BCUT2D eigenvalue weighted by molar-refractivity contribution is 4.98. The van der Waals surface area contributed by atoms with Gasteiger partial charge in [-0.25, -0.2) is 4.39 Å². The van der Waals surface area contributed by atoms with Crippen molar-refractivity contribution in [3.05, 3.63) is 0 Å². The van der Waals surface area contributed by atoms with Crippen LogP contribution in [0.5, 0.6) is 0 Å². The van der Waals surface area contributed by atoms with Crippen molar-refractivity contribution in [1.82, 2.24) is 5.32 Å². The Bertz CT molecular complexity index is 125. The average Bonchev–Trinajstić information content (AvgIpc) is 2.47. The van der Waals surface area contributed by atoms with Gasteiger partial charge in [0.2, 0.25) is 0 Å². The summed E-state index contributed by atoms with van der Waals surface area (Å²) in [4.78, 5) is 0. The Labute approximate surface area is 61.0 Å². The van der Waals surface area contributed by atoms with E-state index in [0.29, 0.717) is 6.04 Å². The van der Waals surface area contributed by atoms with Crippen molar-refractivity contribution in [3.63, 3.8) is 0 Å². The maximum Gasteiger partial charge on any atom is 0.112 e. The fourth-order valence-electron chi connectivity index (χ4n) is 1.71. The molecule has 58 valence electrons. The topological polar surface area (TPSA) is 12.0 Å². The lowest BCUT2D eigenvalue weighted by atomic mass is 10.1. The molecule has 0 amide bonds. The van der Waals surface area contributed by atoms with Crippen molar-refractivity contribution >= 4 is 0 Å². The van der Waals surface area contributed by atoms with Crippen LogP contribution in [0, 0.1) is 0 Å². The summed E-state index contributed by atoms with van der Waals surface area (Å²) in [5.41, 5.74) is -0.748. The molecule has 2 heteroatoms. The highest BCUT2D eigenvalue weighted by atomic mass is 19.1. The molecule has 1 aliphatic heterocycles. The Kier molecular flexibility index (Phi) is 1.44.